The molecule has 1 aromatic heterocycles. The number of esters is 1. The molecule has 0 aliphatic carbocycles. The highest BCUT2D eigenvalue weighted by Gasteiger charge is 2.36. The van der Waals surface area contributed by atoms with Gasteiger partial charge in [-0.15, -0.1) is 11.3 Å². The third-order valence-corrected chi connectivity index (χ3v) is 9.89. The molecule has 0 aliphatic rings. The monoisotopic (exact) mass is 713 g/mol. The van der Waals surface area contributed by atoms with Crippen molar-refractivity contribution >= 4 is 41.0 Å². The van der Waals surface area contributed by atoms with Gasteiger partial charge < -0.3 is 30.7 Å². The van der Waals surface area contributed by atoms with Gasteiger partial charge in [-0.25, -0.2) is 4.98 Å². The topological polar surface area (TPSA) is 167 Å². The summed E-state index contributed by atoms with van der Waals surface area (Å²) in [5.41, 5.74) is 1.69. The summed E-state index contributed by atoms with van der Waals surface area (Å²) >= 11 is 1.16. The van der Waals surface area contributed by atoms with Crippen LogP contribution >= 0.6 is 11.3 Å². The molecule has 0 saturated carbocycles. The summed E-state index contributed by atoms with van der Waals surface area (Å²) in [5.74, 6) is -3.51. The lowest BCUT2D eigenvalue weighted by Gasteiger charge is -2.37. The molecule has 1 unspecified atom stereocenters. The zero-order chi connectivity index (χ0) is 37.7. The highest BCUT2D eigenvalue weighted by atomic mass is 32.1. The number of amides is 3. The lowest BCUT2D eigenvalue weighted by Crippen LogP contribution is -2.57. The number of hydrogen-bond acceptors (Lipinski definition) is 9. The third-order valence-electron chi connectivity index (χ3n) is 8.95. The Balaban J connectivity index is 2.34. The summed E-state index contributed by atoms with van der Waals surface area (Å²) in [4.78, 5) is 70.7. The van der Waals surface area contributed by atoms with Crippen molar-refractivity contribution in [2.75, 3.05) is 14.1 Å². The van der Waals surface area contributed by atoms with E-state index in [0.29, 0.717) is 23.4 Å². The Hall–Kier alpha value is -4.10. The first-order chi connectivity index (χ1) is 23.5. The van der Waals surface area contributed by atoms with Crippen LogP contribution in [0.2, 0.25) is 0 Å². The van der Waals surface area contributed by atoms with E-state index in [0.717, 1.165) is 16.9 Å². The molecule has 0 radical (unpaired) electrons. The van der Waals surface area contributed by atoms with Crippen LogP contribution in [0.3, 0.4) is 0 Å². The fourth-order valence-corrected chi connectivity index (χ4v) is 6.66. The zero-order valence-corrected chi connectivity index (χ0v) is 31.6. The van der Waals surface area contributed by atoms with E-state index in [1.807, 2.05) is 58.0 Å². The maximum absolute atomic E-state index is 14.0. The molecule has 0 fully saturated rings. The fraction of sp³-hybridized carbons (Fsp3) is 0.568. The first kappa shape index (κ1) is 42.1. The summed E-state index contributed by atoms with van der Waals surface area (Å²) in [7, 11) is 3.34. The van der Waals surface area contributed by atoms with Crippen LogP contribution in [0.1, 0.15) is 94.9 Å². The molecule has 2 rings (SSSR count). The number of aliphatic carboxylic acids is 1. The Morgan fingerprint density at radius 1 is 1.02 bits per heavy atom. The second kappa shape index (κ2) is 19.9. The normalized spacial score (nSPS) is 15.5. The molecule has 0 aliphatic heterocycles. The molecule has 12 nitrogen and oxygen atoms in total. The molecular weight excluding hydrogens is 659 g/mol. The Bertz CT molecular complexity index is 1460. The third kappa shape index (κ3) is 12.3. The average molecular weight is 714 g/mol. The van der Waals surface area contributed by atoms with Crippen molar-refractivity contribution in [1.29, 1.82) is 0 Å². The van der Waals surface area contributed by atoms with Gasteiger partial charge in [0.1, 0.15) is 22.8 Å². The van der Waals surface area contributed by atoms with Crippen molar-refractivity contribution in [3.63, 3.8) is 0 Å². The fourth-order valence-electron chi connectivity index (χ4n) is 5.82. The van der Waals surface area contributed by atoms with Gasteiger partial charge in [0.25, 0.3) is 5.91 Å². The van der Waals surface area contributed by atoms with E-state index in [1.54, 1.807) is 38.2 Å². The van der Waals surface area contributed by atoms with Crippen LogP contribution in [-0.4, -0.2) is 82.9 Å². The quantitative estimate of drug-likeness (QED) is 0.112. The SMILES string of the molecule is C=C(C)[C@H](NC)C(=O)N[C@H](C(=O)N(C)[C@H](C[C@@H](OC(C)=O)c1nc(C(=O)N[C@@H](Cc2ccccc2)CC(C)C(=O)O)cs1)C(C)C)[C@@H](C)CC. The van der Waals surface area contributed by atoms with Gasteiger partial charge in [-0.2, -0.15) is 0 Å². The zero-order valence-electron chi connectivity index (χ0n) is 30.8. The number of hydrogen-bond donors (Lipinski definition) is 4. The van der Waals surface area contributed by atoms with E-state index >= 15 is 0 Å². The number of carboxylic acid groups (broad SMARTS) is 1. The summed E-state index contributed by atoms with van der Waals surface area (Å²) in [6.07, 6.45) is 0.653. The molecule has 13 heteroatoms. The van der Waals surface area contributed by atoms with Crippen molar-refractivity contribution in [2.24, 2.45) is 17.8 Å². The number of rotatable bonds is 20. The summed E-state index contributed by atoms with van der Waals surface area (Å²) in [6, 6.07) is 7.15. The van der Waals surface area contributed by atoms with Crippen molar-refractivity contribution in [2.45, 2.75) is 104 Å². The van der Waals surface area contributed by atoms with E-state index in [1.165, 1.54) is 6.92 Å². The molecule has 3 amide bonds. The minimum absolute atomic E-state index is 0.0755. The number of nitrogens with zero attached hydrogens (tertiary/aromatic N) is 2. The van der Waals surface area contributed by atoms with Crippen molar-refractivity contribution in [1.82, 2.24) is 25.8 Å². The molecule has 50 heavy (non-hydrogen) atoms. The van der Waals surface area contributed by atoms with Crippen LogP contribution in [-0.2, 0) is 30.3 Å². The van der Waals surface area contributed by atoms with Crippen LogP contribution < -0.4 is 16.0 Å². The molecule has 4 N–H and O–H groups in total. The van der Waals surface area contributed by atoms with E-state index in [4.69, 9.17) is 4.74 Å². The number of ether oxygens (including phenoxy) is 1. The maximum Gasteiger partial charge on any atom is 0.306 e. The van der Waals surface area contributed by atoms with Gasteiger partial charge in [-0.3, -0.25) is 24.0 Å². The Morgan fingerprint density at radius 2 is 1.66 bits per heavy atom. The Kier molecular flexibility index (Phi) is 16.8. The predicted molar refractivity (Wildman–Crippen MR) is 194 cm³/mol. The lowest BCUT2D eigenvalue weighted by molar-refractivity contribution is -0.149. The number of carboxylic acids is 1. The van der Waals surface area contributed by atoms with Gasteiger partial charge in [0.05, 0.1) is 5.92 Å². The average Bonchev–Trinajstić information content (AvgIpc) is 3.55. The largest absolute Gasteiger partial charge is 0.481 e. The number of likely N-dealkylation sites (N-methyl/N-ethyl adjacent to an activating group) is 2. The van der Waals surface area contributed by atoms with E-state index in [-0.39, 0.29) is 42.2 Å². The Labute approximate surface area is 300 Å². The summed E-state index contributed by atoms with van der Waals surface area (Å²) < 4.78 is 5.73. The van der Waals surface area contributed by atoms with Crippen LogP contribution in [0.5, 0.6) is 0 Å². The summed E-state index contributed by atoms with van der Waals surface area (Å²) in [5, 5.41) is 20.3. The van der Waals surface area contributed by atoms with Gasteiger partial charge in [0, 0.05) is 37.9 Å². The number of benzene rings is 1. The van der Waals surface area contributed by atoms with Crippen molar-refractivity contribution in [3.05, 3.63) is 64.1 Å². The predicted octanol–water partition coefficient (Wildman–Crippen LogP) is 4.77. The lowest BCUT2D eigenvalue weighted by atomic mass is 9.92. The van der Waals surface area contributed by atoms with Crippen molar-refractivity contribution in [3.8, 4) is 0 Å². The number of nitrogens with one attached hydrogen (secondary N) is 3. The van der Waals surface area contributed by atoms with E-state index in [9.17, 15) is 29.1 Å². The van der Waals surface area contributed by atoms with Gasteiger partial charge in [0.15, 0.2) is 6.10 Å². The van der Waals surface area contributed by atoms with Crippen LogP contribution in [0.15, 0.2) is 47.9 Å². The van der Waals surface area contributed by atoms with Gasteiger partial charge >= 0.3 is 11.9 Å². The van der Waals surface area contributed by atoms with Crippen molar-refractivity contribution < 1.29 is 33.8 Å². The number of aromatic nitrogens is 1. The molecule has 2 aromatic rings. The highest BCUT2D eigenvalue weighted by molar-refractivity contribution is 7.09. The minimum Gasteiger partial charge on any atom is -0.481 e. The van der Waals surface area contributed by atoms with Gasteiger partial charge in [-0.1, -0.05) is 83.5 Å². The molecule has 0 bridgehead atoms. The molecule has 0 spiro atoms. The highest BCUT2D eigenvalue weighted by Crippen LogP contribution is 2.31. The maximum atomic E-state index is 14.0. The molecule has 276 valence electrons. The minimum atomic E-state index is -0.951. The second-order valence-corrected chi connectivity index (χ2v) is 14.3. The molecule has 7 atom stereocenters. The Morgan fingerprint density at radius 3 is 2.18 bits per heavy atom. The number of carbonyl (C=O) groups excluding carboxylic acids is 4. The molecule has 0 saturated heterocycles. The molecule has 1 aromatic carbocycles. The van der Waals surface area contributed by atoms with Crippen LogP contribution in [0.25, 0.3) is 0 Å². The van der Waals surface area contributed by atoms with Gasteiger partial charge in [-0.05, 0) is 44.2 Å². The van der Waals surface area contributed by atoms with E-state index in [2.05, 4.69) is 27.5 Å². The van der Waals surface area contributed by atoms with E-state index < -0.39 is 54.0 Å². The number of thiazole rings is 1. The van der Waals surface area contributed by atoms with Gasteiger partial charge in [0.2, 0.25) is 11.8 Å². The number of carbonyl (C=O) groups is 5. The smallest absolute Gasteiger partial charge is 0.306 e. The first-order valence-corrected chi connectivity index (χ1v) is 18.0. The molecular formula is C37H55N5O7S. The first-order valence-electron chi connectivity index (χ1n) is 17.1. The van der Waals surface area contributed by atoms with Crippen LogP contribution in [0, 0.1) is 17.8 Å². The molecule has 1 heterocycles. The van der Waals surface area contributed by atoms with Crippen LogP contribution in [0.4, 0.5) is 0 Å². The second-order valence-electron chi connectivity index (χ2n) is 13.4. The standard InChI is InChI=1S/C37H55N5O7S/c1-11-23(6)32(41-34(45)31(38-9)22(4)5)36(46)42(10)29(21(2)3)19-30(49-25(8)43)35-40-28(20-50-35)33(44)39-27(17-24(7)37(47)48)18-26-15-13-12-14-16-26/h12-16,20-21,23-24,27,29-32,38H,4,11,17-19H2,1-3,5-10H3,(H,39,44)(H,41,45)(H,47,48)/t23-,24?,27+,29+,30+,31-,32-/m0/s1. The summed E-state index contributed by atoms with van der Waals surface area (Å²) in [6.45, 7) is 16.3.